The molecule has 1 saturated carbocycles. The molecule has 0 radical (unpaired) electrons. The molecule has 2 fully saturated rings. The van der Waals surface area contributed by atoms with Crippen molar-refractivity contribution in [1.82, 2.24) is 0 Å². The van der Waals surface area contributed by atoms with Gasteiger partial charge in [0.25, 0.3) is 0 Å². The lowest BCUT2D eigenvalue weighted by atomic mass is 9.66. The summed E-state index contributed by atoms with van der Waals surface area (Å²) in [4.78, 5) is 0. The number of fused-ring (bicyclic) bond motifs is 2. The lowest BCUT2D eigenvalue weighted by molar-refractivity contribution is 0.113. The predicted molar refractivity (Wildman–Crippen MR) is 56.6 cm³/mol. The molecule has 2 N–H and O–H groups in total. The van der Waals surface area contributed by atoms with Crippen LogP contribution >= 0.6 is 0 Å². The SMILES string of the molecule is CC1(C)CC2CS(=O)(=O)CC(C1)C2N. The minimum absolute atomic E-state index is 0.117. The molecule has 1 aliphatic heterocycles. The largest absolute Gasteiger partial charge is 0.327 e. The summed E-state index contributed by atoms with van der Waals surface area (Å²) in [5.74, 6) is 1.02. The van der Waals surface area contributed by atoms with Crippen molar-refractivity contribution in [2.24, 2.45) is 23.0 Å². The summed E-state index contributed by atoms with van der Waals surface area (Å²) in [5.41, 5.74) is 6.34. The third-order valence-electron chi connectivity index (χ3n) is 3.65. The van der Waals surface area contributed by atoms with Crippen LogP contribution in [0.15, 0.2) is 0 Å². The third kappa shape index (κ3) is 1.82. The Bertz CT molecular complexity index is 310. The summed E-state index contributed by atoms with van der Waals surface area (Å²) in [7, 11) is -2.81. The minimum Gasteiger partial charge on any atom is -0.327 e. The molecule has 3 nitrogen and oxygen atoms in total. The second-order valence-electron chi connectivity index (χ2n) is 5.75. The zero-order valence-corrected chi connectivity index (χ0v) is 9.68. The van der Waals surface area contributed by atoms with Gasteiger partial charge in [0.1, 0.15) is 0 Å². The molecule has 0 aromatic rings. The van der Waals surface area contributed by atoms with Crippen molar-refractivity contribution in [2.45, 2.75) is 32.7 Å². The zero-order valence-electron chi connectivity index (χ0n) is 8.86. The molecule has 0 aromatic heterocycles. The van der Waals surface area contributed by atoms with Gasteiger partial charge in [-0.15, -0.1) is 0 Å². The van der Waals surface area contributed by atoms with E-state index in [2.05, 4.69) is 13.8 Å². The third-order valence-corrected chi connectivity index (χ3v) is 5.53. The zero-order chi connectivity index (χ0) is 10.6. The maximum atomic E-state index is 11.6. The molecule has 0 spiro atoms. The van der Waals surface area contributed by atoms with E-state index in [1.807, 2.05) is 0 Å². The summed E-state index contributed by atoms with van der Waals surface area (Å²) >= 11 is 0. The highest BCUT2D eigenvalue weighted by Crippen LogP contribution is 2.44. The lowest BCUT2D eigenvalue weighted by Gasteiger charge is -2.47. The van der Waals surface area contributed by atoms with Crippen LogP contribution in [-0.4, -0.2) is 26.0 Å². The highest BCUT2D eigenvalue weighted by molar-refractivity contribution is 7.91. The fourth-order valence-corrected chi connectivity index (χ4v) is 5.34. The molecule has 4 heteroatoms. The number of hydrogen-bond donors (Lipinski definition) is 1. The maximum Gasteiger partial charge on any atom is 0.150 e. The van der Waals surface area contributed by atoms with Crippen LogP contribution < -0.4 is 5.73 Å². The average molecular weight is 217 g/mol. The molecule has 1 heterocycles. The smallest absolute Gasteiger partial charge is 0.150 e. The molecule has 2 aliphatic rings. The predicted octanol–water partition coefficient (Wildman–Crippen LogP) is 0.794. The molecule has 2 bridgehead atoms. The standard InChI is InChI=1S/C10H19NO2S/c1-10(2)3-7-5-14(12,13)6-8(4-10)9(7)11/h7-9H,3-6,11H2,1-2H3. The first-order chi connectivity index (χ1) is 6.29. The fraction of sp³-hybridized carbons (Fsp3) is 1.00. The normalized spacial score (nSPS) is 44.6. The second kappa shape index (κ2) is 2.95. The Morgan fingerprint density at radius 3 is 2.00 bits per heavy atom. The van der Waals surface area contributed by atoms with Gasteiger partial charge in [-0.25, -0.2) is 8.42 Å². The molecule has 2 unspecified atom stereocenters. The molecule has 0 amide bonds. The van der Waals surface area contributed by atoms with Crippen LogP contribution in [0.2, 0.25) is 0 Å². The lowest BCUT2D eigenvalue weighted by Crippen LogP contribution is -2.54. The van der Waals surface area contributed by atoms with Crippen LogP contribution in [0.1, 0.15) is 26.7 Å². The molecular weight excluding hydrogens is 198 g/mol. The van der Waals surface area contributed by atoms with Gasteiger partial charge in [-0.2, -0.15) is 0 Å². The quantitative estimate of drug-likeness (QED) is 0.652. The van der Waals surface area contributed by atoms with Crippen LogP contribution in [-0.2, 0) is 9.84 Å². The van der Waals surface area contributed by atoms with Gasteiger partial charge >= 0.3 is 0 Å². The molecule has 2 rings (SSSR count). The van der Waals surface area contributed by atoms with Crippen molar-refractivity contribution in [3.05, 3.63) is 0 Å². The van der Waals surface area contributed by atoms with Gasteiger partial charge in [0.15, 0.2) is 9.84 Å². The Labute approximate surface area is 86.0 Å². The molecule has 1 saturated heterocycles. The topological polar surface area (TPSA) is 60.2 Å². The minimum atomic E-state index is -2.81. The van der Waals surface area contributed by atoms with Gasteiger partial charge in [-0.3, -0.25) is 0 Å². The van der Waals surface area contributed by atoms with Gasteiger partial charge in [-0.05, 0) is 30.1 Å². The van der Waals surface area contributed by atoms with E-state index in [4.69, 9.17) is 5.73 Å². The first kappa shape index (κ1) is 10.4. The van der Waals surface area contributed by atoms with Crippen LogP contribution in [0.4, 0.5) is 0 Å². The number of nitrogens with two attached hydrogens (primary N) is 1. The molecule has 14 heavy (non-hydrogen) atoms. The van der Waals surface area contributed by atoms with E-state index in [1.54, 1.807) is 0 Å². The Balaban J connectivity index is 2.27. The van der Waals surface area contributed by atoms with Crippen molar-refractivity contribution in [2.75, 3.05) is 11.5 Å². The number of rotatable bonds is 0. The summed E-state index contributed by atoms with van der Waals surface area (Å²) in [6.07, 6.45) is 1.92. The summed E-state index contributed by atoms with van der Waals surface area (Å²) in [6, 6.07) is 0.117. The first-order valence-corrected chi connectivity index (χ1v) is 7.07. The van der Waals surface area contributed by atoms with Crippen molar-refractivity contribution in [1.29, 1.82) is 0 Å². The maximum absolute atomic E-state index is 11.6. The van der Waals surface area contributed by atoms with Crippen LogP contribution in [0.3, 0.4) is 0 Å². The number of hydrogen-bond acceptors (Lipinski definition) is 3. The highest BCUT2D eigenvalue weighted by atomic mass is 32.2. The van der Waals surface area contributed by atoms with Crippen molar-refractivity contribution in [3.63, 3.8) is 0 Å². The molecule has 2 atom stereocenters. The van der Waals surface area contributed by atoms with Crippen LogP contribution in [0.25, 0.3) is 0 Å². The van der Waals surface area contributed by atoms with E-state index < -0.39 is 9.84 Å². The first-order valence-electron chi connectivity index (χ1n) is 5.25. The van der Waals surface area contributed by atoms with Crippen LogP contribution in [0, 0.1) is 17.3 Å². The molecule has 1 aliphatic carbocycles. The van der Waals surface area contributed by atoms with Gasteiger partial charge in [0.05, 0.1) is 11.5 Å². The van der Waals surface area contributed by atoms with Gasteiger partial charge in [-0.1, -0.05) is 13.8 Å². The van der Waals surface area contributed by atoms with E-state index in [9.17, 15) is 8.42 Å². The van der Waals surface area contributed by atoms with E-state index in [1.165, 1.54) is 0 Å². The Morgan fingerprint density at radius 1 is 1.14 bits per heavy atom. The van der Waals surface area contributed by atoms with Crippen molar-refractivity contribution in [3.8, 4) is 0 Å². The van der Waals surface area contributed by atoms with Gasteiger partial charge in [0.2, 0.25) is 0 Å². The van der Waals surface area contributed by atoms with Crippen LogP contribution in [0.5, 0.6) is 0 Å². The summed E-state index contributed by atoms with van der Waals surface area (Å²) in [6.45, 7) is 4.44. The van der Waals surface area contributed by atoms with E-state index in [-0.39, 0.29) is 23.3 Å². The van der Waals surface area contributed by atoms with Gasteiger partial charge < -0.3 is 5.73 Å². The Kier molecular flexibility index (Phi) is 2.20. The fourth-order valence-electron chi connectivity index (χ4n) is 3.22. The van der Waals surface area contributed by atoms with Crippen molar-refractivity contribution >= 4 is 9.84 Å². The summed E-state index contributed by atoms with van der Waals surface area (Å²) < 4.78 is 23.1. The van der Waals surface area contributed by atoms with E-state index in [0.717, 1.165) is 12.8 Å². The second-order valence-corrected chi connectivity index (χ2v) is 7.90. The monoisotopic (exact) mass is 217 g/mol. The van der Waals surface area contributed by atoms with E-state index >= 15 is 0 Å². The van der Waals surface area contributed by atoms with E-state index in [0.29, 0.717) is 11.5 Å². The molecule has 0 aromatic carbocycles. The summed E-state index contributed by atoms with van der Waals surface area (Å²) in [5, 5.41) is 0. The van der Waals surface area contributed by atoms with Gasteiger partial charge in [0, 0.05) is 6.04 Å². The highest BCUT2D eigenvalue weighted by Gasteiger charge is 2.46. The average Bonchev–Trinajstić information content (AvgIpc) is 1.93. The molecular formula is C10H19NO2S. The van der Waals surface area contributed by atoms with Crippen molar-refractivity contribution < 1.29 is 8.42 Å². The molecule has 82 valence electrons. The Hall–Kier alpha value is -0.0900. The Morgan fingerprint density at radius 2 is 1.57 bits per heavy atom. The number of sulfone groups is 1.